The van der Waals surface area contributed by atoms with Crippen molar-refractivity contribution in [3.8, 4) is 0 Å². The summed E-state index contributed by atoms with van der Waals surface area (Å²) < 4.78 is 4.83. The molecule has 2 heterocycles. The summed E-state index contributed by atoms with van der Waals surface area (Å²) in [5.41, 5.74) is -0.353. The highest BCUT2D eigenvalue weighted by Crippen LogP contribution is 2.30. The quantitative estimate of drug-likeness (QED) is 0.818. The lowest BCUT2D eigenvalue weighted by atomic mass is 9.90. The second-order valence-electron chi connectivity index (χ2n) is 4.35. The van der Waals surface area contributed by atoms with E-state index in [1.807, 2.05) is 0 Å². The van der Waals surface area contributed by atoms with Crippen LogP contribution in [0.25, 0.3) is 0 Å². The van der Waals surface area contributed by atoms with E-state index in [1.54, 1.807) is 17.9 Å². The molecule has 5 heteroatoms. The van der Waals surface area contributed by atoms with Crippen LogP contribution in [-0.4, -0.2) is 35.0 Å². The number of furan rings is 1. The lowest BCUT2D eigenvalue weighted by Crippen LogP contribution is -2.34. The summed E-state index contributed by atoms with van der Waals surface area (Å²) in [5, 5.41) is 9.05. The van der Waals surface area contributed by atoms with Crippen LogP contribution in [0, 0.1) is 5.41 Å². The topological polar surface area (TPSA) is 70.8 Å². The fraction of sp³-hybridized carbons (Fsp3) is 0.455. The molecule has 0 aromatic carbocycles. The molecule has 0 aliphatic carbocycles. The maximum Gasteiger partial charge on any atom is 0.311 e. The van der Waals surface area contributed by atoms with Crippen LogP contribution in [0.2, 0.25) is 0 Å². The number of carboxylic acids is 1. The van der Waals surface area contributed by atoms with Gasteiger partial charge in [-0.05, 0) is 19.4 Å². The second-order valence-corrected chi connectivity index (χ2v) is 4.35. The predicted molar refractivity (Wildman–Crippen MR) is 55.0 cm³/mol. The summed E-state index contributed by atoms with van der Waals surface area (Å²) in [5.74, 6) is -1.02. The first-order chi connectivity index (χ1) is 7.53. The fourth-order valence-corrected chi connectivity index (χ4v) is 1.88. The molecular weight excluding hydrogens is 210 g/mol. The number of carboxylic acid groups (broad SMARTS) is 1. The van der Waals surface area contributed by atoms with Gasteiger partial charge in [0.2, 0.25) is 0 Å². The maximum absolute atomic E-state index is 11.9. The van der Waals surface area contributed by atoms with E-state index < -0.39 is 11.4 Å². The molecule has 1 aliphatic heterocycles. The summed E-state index contributed by atoms with van der Waals surface area (Å²) in [6.07, 6.45) is 3.30. The molecule has 1 amide bonds. The number of rotatable bonds is 2. The number of hydrogen-bond acceptors (Lipinski definition) is 3. The Morgan fingerprint density at radius 1 is 1.56 bits per heavy atom. The summed E-state index contributed by atoms with van der Waals surface area (Å²) in [6.45, 7) is 2.40. The van der Waals surface area contributed by atoms with Gasteiger partial charge in [0.1, 0.15) is 6.26 Å². The van der Waals surface area contributed by atoms with Gasteiger partial charge in [0, 0.05) is 13.1 Å². The first-order valence-corrected chi connectivity index (χ1v) is 5.08. The monoisotopic (exact) mass is 223 g/mol. The van der Waals surface area contributed by atoms with Crippen molar-refractivity contribution in [2.24, 2.45) is 5.41 Å². The van der Waals surface area contributed by atoms with Crippen molar-refractivity contribution >= 4 is 11.9 Å². The molecule has 1 saturated heterocycles. The van der Waals surface area contributed by atoms with Gasteiger partial charge in [-0.25, -0.2) is 0 Å². The zero-order valence-electron chi connectivity index (χ0n) is 8.97. The zero-order chi connectivity index (χ0) is 11.8. The van der Waals surface area contributed by atoms with E-state index in [4.69, 9.17) is 9.52 Å². The van der Waals surface area contributed by atoms with Crippen molar-refractivity contribution in [1.82, 2.24) is 4.90 Å². The summed E-state index contributed by atoms with van der Waals surface area (Å²) in [4.78, 5) is 24.5. The molecule has 0 bridgehead atoms. The third-order valence-electron chi connectivity index (χ3n) is 3.04. The Hall–Kier alpha value is -1.78. The minimum Gasteiger partial charge on any atom is -0.481 e. The number of carbonyl (C=O) groups is 2. The number of hydrogen-bond donors (Lipinski definition) is 1. The number of likely N-dealkylation sites (tertiary alicyclic amines) is 1. The van der Waals surface area contributed by atoms with Crippen LogP contribution in [0.4, 0.5) is 0 Å². The van der Waals surface area contributed by atoms with Gasteiger partial charge < -0.3 is 14.4 Å². The SMILES string of the molecule is CC1(C(=O)O)CCN(C(=O)c2ccoc2)C1. The van der Waals surface area contributed by atoms with Crippen LogP contribution >= 0.6 is 0 Å². The third kappa shape index (κ3) is 1.68. The van der Waals surface area contributed by atoms with Crippen molar-refractivity contribution in [1.29, 1.82) is 0 Å². The molecule has 0 saturated carbocycles. The van der Waals surface area contributed by atoms with Crippen molar-refractivity contribution in [2.45, 2.75) is 13.3 Å². The molecule has 1 fully saturated rings. The Balaban J connectivity index is 2.10. The summed E-state index contributed by atoms with van der Waals surface area (Å²) in [7, 11) is 0. The van der Waals surface area contributed by atoms with E-state index in [1.165, 1.54) is 12.5 Å². The average Bonchev–Trinajstić information content (AvgIpc) is 2.85. The lowest BCUT2D eigenvalue weighted by molar-refractivity contribution is -0.147. The molecule has 1 unspecified atom stereocenters. The zero-order valence-corrected chi connectivity index (χ0v) is 8.97. The molecule has 0 spiro atoms. The molecule has 1 atom stereocenters. The van der Waals surface area contributed by atoms with Gasteiger partial charge in [0.25, 0.3) is 5.91 Å². The molecule has 1 aromatic rings. The molecule has 86 valence electrons. The number of nitrogens with zero attached hydrogens (tertiary/aromatic N) is 1. The highest BCUT2D eigenvalue weighted by molar-refractivity contribution is 5.94. The molecule has 1 aromatic heterocycles. The van der Waals surface area contributed by atoms with Crippen molar-refractivity contribution in [2.75, 3.05) is 13.1 Å². The Labute approximate surface area is 92.7 Å². The molecule has 2 rings (SSSR count). The Morgan fingerprint density at radius 3 is 2.81 bits per heavy atom. The largest absolute Gasteiger partial charge is 0.481 e. The normalized spacial score (nSPS) is 24.7. The first kappa shape index (κ1) is 10.7. The third-order valence-corrected chi connectivity index (χ3v) is 3.04. The van der Waals surface area contributed by atoms with Crippen molar-refractivity contribution < 1.29 is 19.1 Å². The van der Waals surface area contributed by atoms with Crippen molar-refractivity contribution in [3.05, 3.63) is 24.2 Å². The molecule has 0 radical (unpaired) electrons. The van der Waals surface area contributed by atoms with Crippen LogP contribution in [0.5, 0.6) is 0 Å². The predicted octanol–water partition coefficient (Wildman–Crippen LogP) is 1.22. The van der Waals surface area contributed by atoms with Gasteiger partial charge in [-0.15, -0.1) is 0 Å². The summed E-state index contributed by atoms with van der Waals surface area (Å²) in [6, 6.07) is 1.58. The molecule has 16 heavy (non-hydrogen) atoms. The van der Waals surface area contributed by atoms with E-state index in [0.29, 0.717) is 18.5 Å². The van der Waals surface area contributed by atoms with Crippen LogP contribution in [0.15, 0.2) is 23.0 Å². The average molecular weight is 223 g/mol. The first-order valence-electron chi connectivity index (χ1n) is 5.08. The van der Waals surface area contributed by atoms with Crippen LogP contribution in [-0.2, 0) is 4.79 Å². The Bertz CT molecular complexity index is 412. The van der Waals surface area contributed by atoms with Gasteiger partial charge in [-0.1, -0.05) is 0 Å². The molecule has 1 aliphatic rings. The summed E-state index contributed by atoms with van der Waals surface area (Å²) >= 11 is 0. The van der Waals surface area contributed by atoms with E-state index in [2.05, 4.69) is 0 Å². The highest BCUT2D eigenvalue weighted by Gasteiger charge is 2.42. The van der Waals surface area contributed by atoms with Crippen molar-refractivity contribution in [3.63, 3.8) is 0 Å². The number of amides is 1. The van der Waals surface area contributed by atoms with E-state index in [0.717, 1.165) is 0 Å². The van der Waals surface area contributed by atoms with Gasteiger partial charge >= 0.3 is 5.97 Å². The highest BCUT2D eigenvalue weighted by atomic mass is 16.4. The van der Waals surface area contributed by atoms with Gasteiger partial charge in [0.05, 0.1) is 17.2 Å². The number of aliphatic carboxylic acids is 1. The molecule has 5 nitrogen and oxygen atoms in total. The standard InChI is InChI=1S/C11H13NO4/c1-11(10(14)15)3-4-12(7-11)9(13)8-2-5-16-6-8/h2,5-6H,3-4,7H2,1H3,(H,14,15). The van der Waals surface area contributed by atoms with E-state index >= 15 is 0 Å². The molecular formula is C11H13NO4. The smallest absolute Gasteiger partial charge is 0.311 e. The van der Waals surface area contributed by atoms with Crippen LogP contribution < -0.4 is 0 Å². The van der Waals surface area contributed by atoms with Gasteiger partial charge in [-0.3, -0.25) is 9.59 Å². The minimum atomic E-state index is -0.852. The number of carbonyl (C=O) groups excluding carboxylic acids is 1. The minimum absolute atomic E-state index is 0.168. The Kier molecular flexibility index (Phi) is 2.46. The van der Waals surface area contributed by atoms with Gasteiger partial charge in [-0.2, -0.15) is 0 Å². The Morgan fingerprint density at radius 2 is 2.31 bits per heavy atom. The van der Waals surface area contributed by atoms with E-state index in [9.17, 15) is 9.59 Å². The van der Waals surface area contributed by atoms with Crippen LogP contribution in [0.1, 0.15) is 23.7 Å². The van der Waals surface area contributed by atoms with E-state index in [-0.39, 0.29) is 12.5 Å². The fourth-order valence-electron chi connectivity index (χ4n) is 1.88. The maximum atomic E-state index is 11.9. The lowest BCUT2D eigenvalue weighted by Gasteiger charge is -2.19. The van der Waals surface area contributed by atoms with Gasteiger partial charge in [0.15, 0.2) is 0 Å². The second kappa shape index (κ2) is 3.66. The van der Waals surface area contributed by atoms with Crippen LogP contribution in [0.3, 0.4) is 0 Å². The molecule has 1 N–H and O–H groups in total.